The maximum absolute atomic E-state index is 11.6. The molecule has 0 fully saturated rings. The van der Waals surface area contributed by atoms with E-state index in [-0.39, 0.29) is 16.4 Å². The van der Waals surface area contributed by atoms with Gasteiger partial charge in [0.1, 0.15) is 17.1 Å². The van der Waals surface area contributed by atoms with Gasteiger partial charge in [-0.2, -0.15) is 0 Å². The fourth-order valence-corrected chi connectivity index (χ4v) is 2.09. The predicted octanol–water partition coefficient (Wildman–Crippen LogP) is 3.78. The van der Waals surface area contributed by atoms with Crippen LogP contribution in [0.4, 0.5) is 5.69 Å². The molecule has 0 aliphatic carbocycles. The lowest BCUT2D eigenvalue weighted by Crippen LogP contribution is -2.11. The van der Waals surface area contributed by atoms with Gasteiger partial charge in [-0.15, -0.1) is 0 Å². The number of anilines is 1. The zero-order chi connectivity index (χ0) is 16.3. The summed E-state index contributed by atoms with van der Waals surface area (Å²) in [4.78, 5) is 15.5. The number of aromatic hydroxyl groups is 1. The minimum atomic E-state index is -0.704. The van der Waals surface area contributed by atoms with Crippen molar-refractivity contribution in [3.8, 4) is 5.75 Å². The van der Waals surface area contributed by atoms with Crippen LogP contribution in [0.2, 0.25) is 10.0 Å². The Bertz CT molecular complexity index is 818. The first-order valence-corrected chi connectivity index (χ1v) is 7.17. The molecule has 22 heavy (non-hydrogen) atoms. The number of rotatable bonds is 2. The maximum atomic E-state index is 11.6. The Balaban J connectivity index is 2.19. The molecule has 0 spiro atoms. The number of hydrogen-bond acceptors (Lipinski definition) is 4. The van der Waals surface area contributed by atoms with Crippen molar-refractivity contribution in [3.05, 3.63) is 56.1 Å². The van der Waals surface area contributed by atoms with Crippen molar-refractivity contribution in [3.63, 3.8) is 0 Å². The minimum Gasteiger partial charge on any atom is -0.507 e. The van der Waals surface area contributed by atoms with Gasteiger partial charge in [0.25, 0.3) is 0 Å². The molecule has 2 aromatic rings. The van der Waals surface area contributed by atoms with Crippen LogP contribution in [0, 0.1) is 6.92 Å². The standard InChI is InChI=1S/C14H10Cl2N2O3S/c1-7-4-12(19)9(13(20)21-7)6-17-14(22)18-11-5-8(15)2-3-10(11)16/h2-6,19H,1H3,(H,18,22). The monoisotopic (exact) mass is 356 g/mol. The number of nitrogens with one attached hydrogen (secondary N) is 1. The molecule has 8 heteroatoms. The molecule has 114 valence electrons. The number of aliphatic imine (C=N–C) groups is 1. The summed E-state index contributed by atoms with van der Waals surface area (Å²) >= 11 is 16.9. The number of aryl methyl sites for hydroxylation is 1. The van der Waals surface area contributed by atoms with Gasteiger partial charge in [-0.25, -0.2) is 9.79 Å². The second-order valence-electron chi connectivity index (χ2n) is 4.26. The molecule has 1 aromatic heterocycles. The highest BCUT2D eigenvalue weighted by Crippen LogP contribution is 2.25. The number of thiocarbonyl (C=S) groups is 1. The summed E-state index contributed by atoms with van der Waals surface area (Å²) in [5, 5.41) is 13.4. The molecule has 0 saturated carbocycles. The van der Waals surface area contributed by atoms with E-state index in [1.165, 1.54) is 6.07 Å². The fourth-order valence-electron chi connectivity index (χ4n) is 1.59. The van der Waals surface area contributed by atoms with Crippen molar-refractivity contribution >= 4 is 52.4 Å². The van der Waals surface area contributed by atoms with Crippen molar-refractivity contribution in [2.45, 2.75) is 6.92 Å². The van der Waals surface area contributed by atoms with Crippen LogP contribution < -0.4 is 10.9 Å². The molecular formula is C14H10Cl2N2O3S. The molecule has 0 aliphatic heterocycles. The van der Waals surface area contributed by atoms with Crippen molar-refractivity contribution in [2.24, 2.45) is 4.99 Å². The number of halogens is 2. The predicted molar refractivity (Wildman–Crippen MR) is 91.7 cm³/mol. The van der Waals surface area contributed by atoms with Gasteiger partial charge < -0.3 is 14.8 Å². The molecule has 1 heterocycles. The second kappa shape index (κ2) is 6.91. The molecule has 0 aliphatic rings. The third kappa shape index (κ3) is 4.07. The zero-order valence-corrected chi connectivity index (χ0v) is 13.6. The Hall–Kier alpha value is -1.89. The van der Waals surface area contributed by atoms with Crippen molar-refractivity contribution in [2.75, 3.05) is 5.32 Å². The van der Waals surface area contributed by atoms with Crippen molar-refractivity contribution in [1.29, 1.82) is 0 Å². The Kier molecular flexibility index (Phi) is 5.18. The van der Waals surface area contributed by atoms with E-state index < -0.39 is 5.63 Å². The second-order valence-corrected chi connectivity index (χ2v) is 5.49. The molecule has 2 N–H and O–H groups in total. The lowest BCUT2D eigenvalue weighted by atomic mass is 10.2. The molecule has 0 saturated heterocycles. The lowest BCUT2D eigenvalue weighted by molar-refractivity contribution is 0.433. The highest BCUT2D eigenvalue weighted by molar-refractivity contribution is 7.80. The van der Waals surface area contributed by atoms with Crippen LogP contribution in [-0.4, -0.2) is 16.4 Å². The van der Waals surface area contributed by atoms with Crippen LogP contribution in [-0.2, 0) is 0 Å². The van der Waals surface area contributed by atoms with Crippen LogP contribution in [0.1, 0.15) is 11.3 Å². The van der Waals surface area contributed by atoms with Crippen LogP contribution >= 0.6 is 35.4 Å². The van der Waals surface area contributed by atoms with Crippen LogP contribution in [0.5, 0.6) is 5.75 Å². The first kappa shape index (κ1) is 16.5. The smallest absolute Gasteiger partial charge is 0.348 e. The summed E-state index contributed by atoms with van der Waals surface area (Å²) in [6, 6.07) is 6.15. The highest BCUT2D eigenvalue weighted by Gasteiger charge is 2.08. The van der Waals surface area contributed by atoms with Crippen LogP contribution in [0.15, 0.2) is 38.5 Å². The van der Waals surface area contributed by atoms with Gasteiger partial charge in [0.2, 0.25) is 0 Å². The van der Waals surface area contributed by atoms with Crippen LogP contribution in [0.25, 0.3) is 0 Å². The number of hydrogen-bond donors (Lipinski definition) is 2. The van der Waals surface area contributed by atoms with Gasteiger partial charge in [-0.1, -0.05) is 23.2 Å². The molecule has 2 rings (SSSR count). The molecule has 0 unspecified atom stereocenters. The largest absolute Gasteiger partial charge is 0.507 e. The third-order valence-corrected chi connectivity index (χ3v) is 3.34. The Labute approximate surface area is 141 Å². The zero-order valence-electron chi connectivity index (χ0n) is 11.3. The van der Waals surface area contributed by atoms with E-state index in [0.29, 0.717) is 21.5 Å². The molecule has 5 nitrogen and oxygen atoms in total. The van der Waals surface area contributed by atoms with E-state index in [2.05, 4.69) is 10.3 Å². The summed E-state index contributed by atoms with van der Waals surface area (Å²) in [5.41, 5.74) is -0.312. The first-order chi connectivity index (χ1) is 10.4. The van der Waals surface area contributed by atoms with E-state index in [0.717, 1.165) is 6.21 Å². The van der Waals surface area contributed by atoms with Gasteiger partial charge in [-0.3, -0.25) is 0 Å². The van der Waals surface area contributed by atoms with E-state index in [1.807, 2.05) is 0 Å². The van der Waals surface area contributed by atoms with E-state index in [1.54, 1.807) is 25.1 Å². The summed E-state index contributed by atoms with van der Waals surface area (Å²) in [5.74, 6) is 0.0622. The Morgan fingerprint density at radius 2 is 2.14 bits per heavy atom. The molecule has 0 atom stereocenters. The molecule has 1 aromatic carbocycles. The first-order valence-electron chi connectivity index (χ1n) is 6.00. The van der Waals surface area contributed by atoms with E-state index in [9.17, 15) is 9.90 Å². The Morgan fingerprint density at radius 3 is 2.82 bits per heavy atom. The van der Waals surface area contributed by atoms with Crippen molar-refractivity contribution < 1.29 is 9.52 Å². The van der Waals surface area contributed by atoms with Gasteiger partial charge in [0.15, 0.2) is 5.11 Å². The molecule has 0 bridgehead atoms. The lowest BCUT2D eigenvalue weighted by Gasteiger charge is -2.06. The van der Waals surface area contributed by atoms with Gasteiger partial charge in [0, 0.05) is 17.3 Å². The third-order valence-electron chi connectivity index (χ3n) is 2.57. The summed E-state index contributed by atoms with van der Waals surface area (Å²) in [7, 11) is 0. The fraction of sp³-hybridized carbons (Fsp3) is 0.0714. The van der Waals surface area contributed by atoms with Crippen molar-refractivity contribution in [1.82, 2.24) is 0 Å². The topological polar surface area (TPSA) is 74.8 Å². The van der Waals surface area contributed by atoms with Crippen LogP contribution in [0.3, 0.4) is 0 Å². The normalized spacial score (nSPS) is 10.9. The number of benzene rings is 1. The summed E-state index contributed by atoms with van der Waals surface area (Å²) in [6.07, 6.45) is 1.12. The minimum absolute atomic E-state index is 0.0449. The quantitative estimate of drug-likeness (QED) is 0.632. The highest BCUT2D eigenvalue weighted by atomic mass is 35.5. The van der Waals surface area contributed by atoms with Gasteiger partial charge in [0.05, 0.1) is 10.7 Å². The summed E-state index contributed by atoms with van der Waals surface area (Å²) in [6.45, 7) is 1.55. The van der Waals surface area contributed by atoms with E-state index in [4.69, 9.17) is 39.8 Å². The summed E-state index contributed by atoms with van der Waals surface area (Å²) < 4.78 is 4.87. The Morgan fingerprint density at radius 1 is 1.41 bits per heavy atom. The average molecular weight is 357 g/mol. The van der Waals surface area contributed by atoms with Gasteiger partial charge >= 0.3 is 5.63 Å². The van der Waals surface area contributed by atoms with E-state index >= 15 is 0 Å². The van der Waals surface area contributed by atoms with Gasteiger partial charge in [-0.05, 0) is 37.3 Å². The molecule has 0 radical (unpaired) electrons. The average Bonchev–Trinajstić information content (AvgIpc) is 2.41. The molecular weight excluding hydrogens is 347 g/mol. The number of nitrogens with zero attached hydrogens (tertiary/aromatic N) is 1. The maximum Gasteiger partial charge on any atom is 0.348 e. The SMILES string of the molecule is Cc1cc(O)c(C=NC(=S)Nc2cc(Cl)ccc2Cl)c(=O)o1. The molecule has 0 amide bonds.